The summed E-state index contributed by atoms with van der Waals surface area (Å²) in [6.07, 6.45) is 6.70. The van der Waals surface area contributed by atoms with Crippen molar-refractivity contribution in [3.8, 4) is 0 Å². The highest BCUT2D eigenvalue weighted by atomic mass is 16.5. The number of ether oxygens (including phenoxy) is 1. The van der Waals surface area contributed by atoms with E-state index in [0.29, 0.717) is 12.5 Å². The van der Waals surface area contributed by atoms with Crippen molar-refractivity contribution >= 4 is 11.9 Å². The van der Waals surface area contributed by atoms with Gasteiger partial charge in [0.25, 0.3) is 0 Å². The first-order chi connectivity index (χ1) is 10.8. The van der Waals surface area contributed by atoms with Gasteiger partial charge < -0.3 is 20.3 Å². The van der Waals surface area contributed by atoms with Gasteiger partial charge in [0.1, 0.15) is 0 Å². The zero-order chi connectivity index (χ0) is 16.0. The number of guanidine groups is 1. The number of nitrogens with zero attached hydrogens (tertiary/aromatic N) is 2. The first-order valence-electron chi connectivity index (χ1n) is 8.58. The van der Waals surface area contributed by atoms with Gasteiger partial charge in [-0.15, -0.1) is 0 Å². The minimum Gasteiger partial charge on any atom is -0.381 e. The highest BCUT2D eigenvalue weighted by Crippen LogP contribution is 2.08. The molecule has 6 heteroatoms. The maximum absolute atomic E-state index is 12.1. The Kier molecular flexibility index (Phi) is 10.5. The summed E-state index contributed by atoms with van der Waals surface area (Å²) in [6, 6.07) is 0. The average Bonchev–Trinajstić information content (AvgIpc) is 2.57. The number of hydrogen-bond acceptors (Lipinski definition) is 3. The number of carbonyl (C=O) groups excluding carboxylic acids is 1. The van der Waals surface area contributed by atoms with Crippen LogP contribution in [0.5, 0.6) is 0 Å². The van der Waals surface area contributed by atoms with Crippen LogP contribution in [0.4, 0.5) is 0 Å². The van der Waals surface area contributed by atoms with Gasteiger partial charge in [-0.25, -0.2) is 0 Å². The van der Waals surface area contributed by atoms with Crippen molar-refractivity contribution in [2.75, 3.05) is 46.4 Å². The minimum atomic E-state index is 0.158. The predicted molar refractivity (Wildman–Crippen MR) is 90.1 cm³/mol. The van der Waals surface area contributed by atoms with Crippen LogP contribution in [0.2, 0.25) is 0 Å². The number of piperidine rings is 1. The van der Waals surface area contributed by atoms with E-state index in [-0.39, 0.29) is 5.91 Å². The molecule has 0 atom stereocenters. The molecule has 0 aromatic carbocycles. The molecule has 1 aliphatic heterocycles. The summed E-state index contributed by atoms with van der Waals surface area (Å²) in [7, 11) is 1.72. The van der Waals surface area contributed by atoms with Crippen LogP contribution < -0.4 is 10.6 Å². The second-order valence-electron chi connectivity index (χ2n) is 5.61. The SMILES string of the molecule is CCCCOCCCNC(=NC)NCC(=O)N1CCCCC1. The number of rotatable bonds is 9. The number of likely N-dealkylation sites (tertiary alicyclic amines) is 1. The van der Waals surface area contributed by atoms with Crippen molar-refractivity contribution in [3.05, 3.63) is 0 Å². The van der Waals surface area contributed by atoms with E-state index >= 15 is 0 Å². The first-order valence-corrected chi connectivity index (χ1v) is 8.58. The molecule has 0 aromatic heterocycles. The van der Waals surface area contributed by atoms with Crippen LogP contribution in [0.25, 0.3) is 0 Å². The predicted octanol–water partition coefficient (Wildman–Crippen LogP) is 1.37. The fraction of sp³-hybridized carbons (Fsp3) is 0.875. The summed E-state index contributed by atoms with van der Waals surface area (Å²) in [5.74, 6) is 0.837. The molecule has 128 valence electrons. The number of unbranched alkanes of at least 4 members (excludes halogenated alkanes) is 1. The number of carbonyl (C=O) groups is 1. The lowest BCUT2D eigenvalue weighted by molar-refractivity contribution is -0.130. The second-order valence-corrected chi connectivity index (χ2v) is 5.61. The standard InChI is InChI=1S/C16H32N4O2/c1-3-4-12-22-13-8-9-18-16(17-2)19-14-15(21)20-10-6-5-7-11-20/h3-14H2,1-2H3,(H2,17,18,19). The summed E-state index contributed by atoms with van der Waals surface area (Å²) in [4.78, 5) is 18.1. The molecule has 1 saturated heterocycles. The molecular weight excluding hydrogens is 280 g/mol. The van der Waals surface area contributed by atoms with Crippen LogP contribution in [-0.2, 0) is 9.53 Å². The Morgan fingerprint density at radius 3 is 2.55 bits per heavy atom. The van der Waals surface area contributed by atoms with Gasteiger partial charge in [0.15, 0.2) is 5.96 Å². The van der Waals surface area contributed by atoms with Gasteiger partial charge in [0, 0.05) is 39.9 Å². The minimum absolute atomic E-state index is 0.158. The highest BCUT2D eigenvalue weighted by molar-refractivity contribution is 5.86. The Morgan fingerprint density at radius 2 is 1.86 bits per heavy atom. The summed E-state index contributed by atoms with van der Waals surface area (Å²) < 4.78 is 5.51. The van der Waals surface area contributed by atoms with Gasteiger partial charge in [-0.05, 0) is 32.1 Å². The van der Waals surface area contributed by atoms with Gasteiger partial charge >= 0.3 is 0 Å². The molecule has 0 spiro atoms. The molecule has 2 N–H and O–H groups in total. The molecule has 0 unspecified atom stereocenters. The smallest absolute Gasteiger partial charge is 0.241 e. The number of hydrogen-bond donors (Lipinski definition) is 2. The third kappa shape index (κ3) is 8.22. The normalized spacial score (nSPS) is 15.7. The second kappa shape index (κ2) is 12.3. The molecule has 1 fully saturated rings. The summed E-state index contributed by atoms with van der Waals surface area (Å²) in [5, 5.41) is 6.29. The molecule has 1 amide bonds. The molecule has 0 radical (unpaired) electrons. The van der Waals surface area contributed by atoms with E-state index in [9.17, 15) is 4.79 Å². The quantitative estimate of drug-likeness (QED) is 0.383. The molecule has 22 heavy (non-hydrogen) atoms. The largest absolute Gasteiger partial charge is 0.381 e. The summed E-state index contributed by atoms with van der Waals surface area (Å²) in [6.45, 7) is 6.65. The Morgan fingerprint density at radius 1 is 1.14 bits per heavy atom. The van der Waals surface area contributed by atoms with Crippen molar-refractivity contribution in [3.63, 3.8) is 0 Å². The summed E-state index contributed by atoms with van der Waals surface area (Å²) >= 11 is 0. The maximum atomic E-state index is 12.1. The van der Waals surface area contributed by atoms with E-state index in [4.69, 9.17) is 4.74 Å². The zero-order valence-electron chi connectivity index (χ0n) is 14.2. The molecule has 1 aliphatic rings. The third-order valence-corrected chi connectivity index (χ3v) is 3.74. The lowest BCUT2D eigenvalue weighted by Gasteiger charge is -2.27. The highest BCUT2D eigenvalue weighted by Gasteiger charge is 2.16. The lowest BCUT2D eigenvalue weighted by atomic mass is 10.1. The Balaban J connectivity index is 2.07. The molecule has 6 nitrogen and oxygen atoms in total. The molecule has 0 aromatic rings. The lowest BCUT2D eigenvalue weighted by Crippen LogP contribution is -2.46. The first kappa shape index (κ1) is 18.7. The van der Waals surface area contributed by atoms with Crippen molar-refractivity contribution in [1.29, 1.82) is 0 Å². The van der Waals surface area contributed by atoms with E-state index in [0.717, 1.165) is 58.5 Å². The Bertz CT molecular complexity index is 328. The number of nitrogens with one attached hydrogen (secondary N) is 2. The monoisotopic (exact) mass is 312 g/mol. The average molecular weight is 312 g/mol. The Hall–Kier alpha value is -1.30. The molecule has 1 heterocycles. The van der Waals surface area contributed by atoms with Crippen LogP contribution in [0.15, 0.2) is 4.99 Å². The van der Waals surface area contributed by atoms with Gasteiger partial charge in [-0.2, -0.15) is 0 Å². The number of aliphatic imine (C=N–C) groups is 1. The maximum Gasteiger partial charge on any atom is 0.241 e. The molecule has 0 aliphatic carbocycles. The zero-order valence-corrected chi connectivity index (χ0v) is 14.2. The van der Waals surface area contributed by atoms with Crippen molar-refractivity contribution in [2.24, 2.45) is 4.99 Å². The van der Waals surface area contributed by atoms with Crippen LogP contribution in [-0.4, -0.2) is 63.2 Å². The van der Waals surface area contributed by atoms with Crippen molar-refractivity contribution in [1.82, 2.24) is 15.5 Å². The fourth-order valence-electron chi connectivity index (χ4n) is 2.36. The molecule has 1 rings (SSSR count). The van der Waals surface area contributed by atoms with Gasteiger partial charge in [-0.3, -0.25) is 9.79 Å². The van der Waals surface area contributed by atoms with E-state index in [1.54, 1.807) is 7.05 Å². The molecule has 0 saturated carbocycles. The van der Waals surface area contributed by atoms with Crippen LogP contribution in [0.3, 0.4) is 0 Å². The third-order valence-electron chi connectivity index (χ3n) is 3.74. The van der Waals surface area contributed by atoms with Gasteiger partial charge in [0.05, 0.1) is 6.54 Å². The van der Waals surface area contributed by atoms with Crippen molar-refractivity contribution in [2.45, 2.75) is 45.4 Å². The fourth-order valence-corrected chi connectivity index (χ4v) is 2.36. The molecular formula is C16H32N4O2. The van der Waals surface area contributed by atoms with Gasteiger partial charge in [0.2, 0.25) is 5.91 Å². The van der Waals surface area contributed by atoms with Crippen molar-refractivity contribution < 1.29 is 9.53 Å². The van der Waals surface area contributed by atoms with E-state index in [2.05, 4.69) is 22.5 Å². The van der Waals surface area contributed by atoms with Gasteiger partial charge in [-0.1, -0.05) is 13.3 Å². The van der Waals surface area contributed by atoms with Crippen LogP contribution in [0, 0.1) is 0 Å². The summed E-state index contributed by atoms with van der Waals surface area (Å²) in [5.41, 5.74) is 0. The van der Waals surface area contributed by atoms with Crippen LogP contribution in [0.1, 0.15) is 45.4 Å². The molecule has 0 bridgehead atoms. The Labute approximate surface area is 134 Å². The van der Waals surface area contributed by atoms with E-state index < -0.39 is 0 Å². The number of amides is 1. The van der Waals surface area contributed by atoms with Crippen LogP contribution >= 0.6 is 0 Å². The van der Waals surface area contributed by atoms with E-state index in [1.807, 2.05) is 4.90 Å². The van der Waals surface area contributed by atoms with E-state index in [1.165, 1.54) is 12.8 Å². The topological polar surface area (TPSA) is 66.0 Å².